The molecule has 0 aliphatic carbocycles. The smallest absolute Gasteiger partial charge is 0.329 e. The summed E-state index contributed by atoms with van der Waals surface area (Å²) >= 11 is 0. The van der Waals surface area contributed by atoms with Gasteiger partial charge < -0.3 is 20.1 Å². The number of benzene rings is 1. The average molecular weight is 294 g/mol. The maximum absolute atomic E-state index is 12.0. The van der Waals surface area contributed by atoms with Crippen LogP contribution in [0, 0.1) is 0 Å². The average Bonchev–Trinajstić information content (AvgIpc) is 2.46. The molecule has 2 N–H and O–H groups in total. The first-order valence-electron chi connectivity index (χ1n) is 6.37. The third-order valence-corrected chi connectivity index (χ3v) is 2.54. The number of carboxylic acids is 1. The lowest BCUT2D eigenvalue weighted by Crippen LogP contribution is -2.39. The zero-order chi connectivity index (χ0) is 15.7. The zero-order valence-electron chi connectivity index (χ0n) is 11.7. The summed E-state index contributed by atoms with van der Waals surface area (Å²) in [4.78, 5) is 35.1. The van der Waals surface area contributed by atoms with Crippen molar-refractivity contribution in [2.75, 3.05) is 33.4 Å². The Morgan fingerprint density at radius 3 is 2.52 bits per heavy atom. The van der Waals surface area contributed by atoms with Crippen LogP contribution in [0.3, 0.4) is 0 Å². The molecular formula is C14H18N2O5. The number of nitrogens with zero attached hydrogens (tertiary/aromatic N) is 1. The number of nitrogens with one attached hydrogen (secondary N) is 1. The van der Waals surface area contributed by atoms with Gasteiger partial charge in [0.1, 0.15) is 6.61 Å². The number of carboxylic acid groups (broad SMARTS) is 1. The van der Waals surface area contributed by atoms with Crippen LogP contribution in [-0.2, 0) is 14.3 Å². The van der Waals surface area contributed by atoms with Crippen LogP contribution < -0.4 is 5.32 Å². The van der Waals surface area contributed by atoms with E-state index in [1.165, 1.54) is 11.9 Å². The highest BCUT2D eigenvalue weighted by atomic mass is 16.5. The second-order valence-electron chi connectivity index (χ2n) is 4.32. The lowest BCUT2D eigenvalue weighted by molar-refractivity contribution is -0.142. The van der Waals surface area contributed by atoms with Crippen LogP contribution in [0.2, 0.25) is 0 Å². The lowest BCUT2D eigenvalue weighted by Gasteiger charge is -2.16. The topological polar surface area (TPSA) is 95.9 Å². The van der Waals surface area contributed by atoms with Crippen LogP contribution in [0.5, 0.6) is 0 Å². The van der Waals surface area contributed by atoms with E-state index in [-0.39, 0.29) is 31.5 Å². The maximum atomic E-state index is 12.0. The van der Waals surface area contributed by atoms with Crippen LogP contribution in [0.4, 0.5) is 0 Å². The van der Waals surface area contributed by atoms with Gasteiger partial charge in [0, 0.05) is 19.2 Å². The van der Waals surface area contributed by atoms with Crippen molar-refractivity contribution in [2.24, 2.45) is 0 Å². The van der Waals surface area contributed by atoms with Gasteiger partial charge in [0.15, 0.2) is 0 Å². The lowest BCUT2D eigenvalue weighted by atomic mass is 10.2. The number of hydrogen-bond donors (Lipinski definition) is 2. The first-order valence-corrected chi connectivity index (χ1v) is 6.37. The summed E-state index contributed by atoms with van der Waals surface area (Å²) in [6.07, 6.45) is 0. The SMILES string of the molecule is CN(CC(=O)NCCOCC(=O)O)C(=O)c1ccccc1. The summed E-state index contributed by atoms with van der Waals surface area (Å²) in [7, 11) is 1.54. The molecule has 0 atom stereocenters. The fourth-order valence-corrected chi connectivity index (χ4v) is 1.57. The van der Waals surface area contributed by atoms with Gasteiger partial charge >= 0.3 is 5.97 Å². The maximum Gasteiger partial charge on any atom is 0.329 e. The number of carbonyl (C=O) groups is 3. The van der Waals surface area contributed by atoms with E-state index in [1.54, 1.807) is 30.3 Å². The molecule has 21 heavy (non-hydrogen) atoms. The Balaban J connectivity index is 2.27. The summed E-state index contributed by atoms with van der Waals surface area (Å²) in [6.45, 7) is -0.178. The van der Waals surface area contributed by atoms with Gasteiger partial charge in [-0.05, 0) is 12.1 Å². The molecule has 0 heterocycles. The predicted octanol–water partition coefficient (Wildman–Crippen LogP) is -0.0240. The Hall–Kier alpha value is -2.41. The van der Waals surface area contributed by atoms with Crippen molar-refractivity contribution >= 4 is 17.8 Å². The van der Waals surface area contributed by atoms with Crippen LogP contribution >= 0.6 is 0 Å². The molecule has 0 radical (unpaired) electrons. The van der Waals surface area contributed by atoms with Gasteiger partial charge in [0.25, 0.3) is 5.91 Å². The Morgan fingerprint density at radius 1 is 1.24 bits per heavy atom. The zero-order valence-corrected chi connectivity index (χ0v) is 11.7. The molecule has 0 unspecified atom stereocenters. The number of carbonyl (C=O) groups excluding carboxylic acids is 2. The number of amides is 2. The first kappa shape index (κ1) is 16.6. The minimum Gasteiger partial charge on any atom is -0.480 e. The predicted molar refractivity (Wildman–Crippen MR) is 74.9 cm³/mol. The van der Waals surface area contributed by atoms with E-state index in [2.05, 4.69) is 5.32 Å². The van der Waals surface area contributed by atoms with Crippen molar-refractivity contribution in [1.82, 2.24) is 10.2 Å². The normalized spacial score (nSPS) is 9.95. The molecule has 0 bridgehead atoms. The van der Waals surface area contributed by atoms with Gasteiger partial charge in [-0.1, -0.05) is 18.2 Å². The highest BCUT2D eigenvalue weighted by Gasteiger charge is 2.14. The second kappa shape index (κ2) is 8.70. The summed E-state index contributed by atoms with van der Waals surface area (Å²) in [6, 6.07) is 8.66. The number of rotatable bonds is 8. The fraction of sp³-hybridized carbons (Fsp3) is 0.357. The molecule has 1 rings (SSSR count). The van der Waals surface area contributed by atoms with Crippen LogP contribution in [0.25, 0.3) is 0 Å². The molecule has 0 aliphatic rings. The Bertz CT molecular complexity index is 489. The molecular weight excluding hydrogens is 276 g/mol. The molecule has 0 aromatic heterocycles. The molecule has 0 fully saturated rings. The summed E-state index contributed by atoms with van der Waals surface area (Å²) in [5.74, 6) is -1.64. The Morgan fingerprint density at radius 2 is 1.90 bits per heavy atom. The van der Waals surface area contributed by atoms with E-state index in [9.17, 15) is 14.4 Å². The molecule has 0 aliphatic heterocycles. The van der Waals surface area contributed by atoms with Crippen molar-refractivity contribution in [2.45, 2.75) is 0 Å². The quantitative estimate of drug-likeness (QED) is 0.657. The number of ether oxygens (including phenoxy) is 1. The fourth-order valence-electron chi connectivity index (χ4n) is 1.57. The molecule has 7 nitrogen and oxygen atoms in total. The van der Waals surface area contributed by atoms with Crippen LogP contribution in [0.15, 0.2) is 30.3 Å². The molecule has 114 valence electrons. The molecule has 7 heteroatoms. The molecule has 1 aromatic carbocycles. The van der Waals surface area contributed by atoms with Crippen molar-refractivity contribution in [3.8, 4) is 0 Å². The summed E-state index contributed by atoms with van der Waals surface area (Å²) in [5.41, 5.74) is 0.512. The van der Waals surface area contributed by atoms with Crippen LogP contribution in [-0.4, -0.2) is 61.1 Å². The second-order valence-corrected chi connectivity index (χ2v) is 4.32. The van der Waals surface area contributed by atoms with Gasteiger partial charge in [-0.15, -0.1) is 0 Å². The minimum atomic E-state index is -1.06. The highest BCUT2D eigenvalue weighted by Crippen LogP contribution is 2.02. The van der Waals surface area contributed by atoms with E-state index in [0.29, 0.717) is 5.56 Å². The van der Waals surface area contributed by atoms with E-state index in [4.69, 9.17) is 9.84 Å². The molecule has 0 saturated heterocycles. The highest BCUT2D eigenvalue weighted by molar-refractivity contribution is 5.96. The van der Waals surface area contributed by atoms with E-state index < -0.39 is 12.6 Å². The van der Waals surface area contributed by atoms with Crippen molar-refractivity contribution in [3.05, 3.63) is 35.9 Å². The van der Waals surface area contributed by atoms with Gasteiger partial charge in [-0.25, -0.2) is 4.79 Å². The van der Waals surface area contributed by atoms with E-state index in [0.717, 1.165) is 0 Å². The van der Waals surface area contributed by atoms with Gasteiger partial charge in [-0.3, -0.25) is 9.59 Å². The number of aliphatic carboxylic acids is 1. The Kier molecular flexibility index (Phi) is 6.90. The van der Waals surface area contributed by atoms with Crippen molar-refractivity contribution in [3.63, 3.8) is 0 Å². The molecule has 0 spiro atoms. The first-order chi connectivity index (χ1) is 10.0. The summed E-state index contributed by atoms with van der Waals surface area (Å²) < 4.78 is 4.77. The molecule has 2 amide bonds. The Labute approximate surface area is 122 Å². The number of likely N-dealkylation sites (N-methyl/N-ethyl adjacent to an activating group) is 1. The summed E-state index contributed by atoms with van der Waals surface area (Å²) in [5, 5.41) is 10.9. The van der Waals surface area contributed by atoms with E-state index >= 15 is 0 Å². The molecule has 0 saturated carbocycles. The van der Waals surface area contributed by atoms with Crippen LogP contribution in [0.1, 0.15) is 10.4 Å². The minimum absolute atomic E-state index is 0.0767. The largest absolute Gasteiger partial charge is 0.480 e. The molecule has 1 aromatic rings. The van der Waals surface area contributed by atoms with Crippen molar-refractivity contribution in [1.29, 1.82) is 0 Å². The van der Waals surface area contributed by atoms with Gasteiger partial charge in [0.05, 0.1) is 13.2 Å². The van der Waals surface area contributed by atoms with Gasteiger partial charge in [-0.2, -0.15) is 0 Å². The third kappa shape index (κ3) is 6.53. The van der Waals surface area contributed by atoms with Gasteiger partial charge in [0.2, 0.25) is 5.91 Å². The van der Waals surface area contributed by atoms with E-state index in [1.807, 2.05) is 0 Å². The number of hydrogen-bond acceptors (Lipinski definition) is 4. The standard InChI is InChI=1S/C14H18N2O5/c1-16(14(20)11-5-3-2-4-6-11)9-12(17)15-7-8-21-10-13(18)19/h2-6H,7-10H2,1H3,(H,15,17)(H,18,19). The third-order valence-electron chi connectivity index (χ3n) is 2.54. The monoisotopic (exact) mass is 294 g/mol. The van der Waals surface area contributed by atoms with Crippen molar-refractivity contribution < 1.29 is 24.2 Å².